The smallest absolute Gasteiger partial charge is 0.255 e. The Hall–Kier alpha value is -3.46. The number of morpholine rings is 1. The first kappa shape index (κ1) is 26.2. The first-order valence-electron chi connectivity index (χ1n) is 12.0. The van der Waals surface area contributed by atoms with Gasteiger partial charge in [0.05, 0.1) is 34.2 Å². The molecule has 0 aliphatic carbocycles. The zero-order valence-electron chi connectivity index (χ0n) is 20.5. The third-order valence-corrected chi connectivity index (χ3v) is 6.92. The highest BCUT2D eigenvalue weighted by atomic mass is 16.5. The van der Waals surface area contributed by atoms with E-state index in [0.29, 0.717) is 16.9 Å². The molecule has 3 aliphatic rings. The fourth-order valence-corrected chi connectivity index (χ4v) is 4.77. The van der Waals surface area contributed by atoms with Crippen LogP contribution in [-0.2, 0) is 38.8 Å². The minimum atomic E-state index is -2.00. The van der Waals surface area contributed by atoms with E-state index < -0.39 is 28.6 Å². The van der Waals surface area contributed by atoms with E-state index in [1.54, 1.807) is 30.3 Å². The molecule has 8 radical (unpaired) electrons. The van der Waals surface area contributed by atoms with Gasteiger partial charge in [0.2, 0.25) is 17.7 Å². The van der Waals surface area contributed by atoms with Crippen LogP contribution in [0.1, 0.15) is 39.9 Å². The number of fused-ring (bicyclic) bond motifs is 1. The topological polar surface area (TPSA) is 105 Å². The lowest BCUT2D eigenvalue weighted by molar-refractivity contribution is -0.155. The largest absolute Gasteiger partial charge is 0.489 e. The summed E-state index contributed by atoms with van der Waals surface area (Å²) in [5.74, 6) is -1.25. The van der Waals surface area contributed by atoms with E-state index in [9.17, 15) is 19.2 Å². The maximum atomic E-state index is 13.0. The van der Waals surface area contributed by atoms with Crippen molar-refractivity contribution in [3.8, 4) is 5.75 Å². The normalized spacial score (nSPS) is 22.3. The van der Waals surface area contributed by atoms with Crippen molar-refractivity contribution in [3.05, 3.63) is 64.7 Å². The molecule has 2 fully saturated rings. The predicted molar refractivity (Wildman–Crippen MR) is 138 cm³/mol. The molecular formula is C25H21B4N3O6. The fourth-order valence-electron chi connectivity index (χ4n) is 4.77. The van der Waals surface area contributed by atoms with Gasteiger partial charge in [0.25, 0.3) is 5.91 Å². The van der Waals surface area contributed by atoms with Crippen molar-refractivity contribution < 1.29 is 28.7 Å². The average Bonchev–Trinajstić information content (AvgIpc) is 3.21. The van der Waals surface area contributed by atoms with Crippen LogP contribution in [0.15, 0.2) is 42.5 Å². The Morgan fingerprint density at radius 1 is 1.00 bits per heavy atom. The highest BCUT2D eigenvalue weighted by Gasteiger charge is 2.44. The summed E-state index contributed by atoms with van der Waals surface area (Å²) in [7, 11) is 23.4. The van der Waals surface area contributed by atoms with Gasteiger partial charge in [0.1, 0.15) is 34.1 Å². The standard InChI is InChI=1S/C25H21B4N3O6/c26-24(27)13-38-25(28,29)23(36)32(24)10-14-4-6-15(7-5-14)12-37-19-3-1-2-16-17(19)11-31(22(16)35)18-8-9-20(33)30-21(18)34/h1-7,18H,8-13H2,(H,30,33,34). The summed E-state index contributed by atoms with van der Waals surface area (Å²) in [6.45, 7) is 0.290. The number of amides is 4. The van der Waals surface area contributed by atoms with Crippen LogP contribution in [-0.4, -0.2) is 88.2 Å². The lowest BCUT2D eigenvalue weighted by atomic mass is 9.55. The second kappa shape index (κ2) is 9.69. The number of nitrogens with one attached hydrogen (secondary N) is 1. The van der Waals surface area contributed by atoms with Gasteiger partial charge in [-0.15, -0.1) is 0 Å². The summed E-state index contributed by atoms with van der Waals surface area (Å²) < 4.78 is 11.1. The first-order chi connectivity index (χ1) is 18.0. The molecule has 0 aromatic heterocycles. The molecule has 5 rings (SSSR count). The minimum absolute atomic E-state index is 0.0803. The van der Waals surface area contributed by atoms with Crippen molar-refractivity contribution in [3.63, 3.8) is 0 Å². The SMILES string of the molecule is [B]C1([B])OCC([B])([B])N(Cc2ccc(COc3cccc4c3CN(C3CCC(=O)NC3=O)C4=O)cc2)C1=O. The lowest BCUT2D eigenvalue weighted by Gasteiger charge is -2.50. The summed E-state index contributed by atoms with van der Waals surface area (Å²) in [5.41, 5.74) is 2.75. The van der Waals surface area contributed by atoms with Crippen LogP contribution in [0.2, 0.25) is 0 Å². The van der Waals surface area contributed by atoms with Gasteiger partial charge in [-0.3, -0.25) is 24.5 Å². The van der Waals surface area contributed by atoms with Crippen LogP contribution >= 0.6 is 0 Å². The molecule has 1 N–H and O–H groups in total. The Bertz CT molecular complexity index is 1320. The minimum Gasteiger partial charge on any atom is -0.489 e. The van der Waals surface area contributed by atoms with Gasteiger partial charge in [0, 0.05) is 24.1 Å². The molecule has 0 saturated carbocycles. The van der Waals surface area contributed by atoms with Crippen LogP contribution in [0.5, 0.6) is 5.75 Å². The highest BCUT2D eigenvalue weighted by Crippen LogP contribution is 2.34. The number of hydrogen-bond donors (Lipinski definition) is 1. The summed E-state index contributed by atoms with van der Waals surface area (Å²) in [6.07, 6.45) is 0.475. The molecule has 13 heteroatoms. The number of carbonyl (C=O) groups is 4. The second-order valence-corrected chi connectivity index (χ2v) is 9.75. The fraction of sp³-hybridized carbons (Fsp3) is 0.360. The van der Waals surface area contributed by atoms with Gasteiger partial charge in [-0.2, -0.15) is 0 Å². The Morgan fingerprint density at radius 2 is 1.71 bits per heavy atom. The molecule has 0 spiro atoms. The number of rotatable bonds is 6. The van der Waals surface area contributed by atoms with E-state index in [4.69, 9.17) is 40.9 Å². The zero-order chi connectivity index (χ0) is 27.2. The molecule has 38 heavy (non-hydrogen) atoms. The molecule has 3 heterocycles. The van der Waals surface area contributed by atoms with Crippen molar-refractivity contribution in [1.29, 1.82) is 0 Å². The summed E-state index contributed by atoms with van der Waals surface area (Å²) >= 11 is 0. The Morgan fingerprint density at radius 3 is 2.42 bits per heavy atom. The quantitative estimate of drug-likeness (QED) is 0.417. The van der Waals surface area contributed by atoms with Gasteiger partial charge in [-0.1, -0.05) is 30.3 Å². The molecular weight excluding hydrogens is 482 g/mol. The first-order valence-corrected chi connectivity index (χ1v) is 12.0. The second-order valence-electron chi connectivity index (χ2n) is 9.75. The lowest BCUT2D eigenvalue weighted by Crippen LogP contribution is -2.68. The van der Waals surface area contributed by atoms with Crippen molar-refractivity contribution in [1.82, 2.24) is 15.1 Å². The summed E-state index contributed by atoms with van der Waals surface area (Å²) in [4.78, 5) is 52.0. The van der Waals surface area contributed by atoms with Crippen LogP contribution in [0.25, 0.3) is 0 Å². The van der Waals surface area contributed by atoms with Gasteiger partial charge >= 0.3 is 0 Å². The number of benzene rings is 2. The van der Waals surface area contributed by atoms with Gasteiger partial charge in [0.15, 0.2) is 0 Å². The molecule has 184 valence electrons. The number of imide groups is 1. The predicted octanol–water partition coefficient (Wildman–Crippen LogP) is -0.633. The van der Waals surface area contributed by atoms with Gasteiger partial charge in [-0.25, -0.2) is 0 Å². The molecule has 1 atom stereocenters. The van der Waals surface area contributed by atoms with E-state index in [2.05, 4.69) is 5.32 Å². The molecule has 2 saturated heterocycles. The third kappa shape index (κ3) is 4.87. The Balaban J connectivity index is 1.25. The number of ether oxygens (including phenoxy) is 2. The van der Waals surface area contributed by atoms with Gasteiger partial charge < -0.3 is 19.3 Å². The molecule has 0 bridgehead atoms. The average molecular weight is 503 g/mol. The monoisotopic (exact) mass is 503 g/mol. The van der Waals surface area contributed by atoms with E-state index in [1.807, 2.05) is 12.1 Å². The van der Waals surface area contributed by atoms with Gasteiger partial charge in [-0.05, 0) is 35.0 Å². The number of nitrogens with zero attached hydrogens (tertiary/aromatic N) is 2. The zero-order valence-corrected chi connectivity index (χ0v) is 20.5. The van der Waals surface area contributed by atoms with Crippen LogP contribution in [0.3, 0.4) is 0 Å². The molecule has 4 amide bonds. The molecule has 3 aliphatic heterocycles. The van der Waals surface area contributed by atoms with Crippen LogP contribution < -0.4 is 10.1 Å². The third-order valence-electron chi connectivity index (χ3n) is 6.92. The molecule has 2 aromatic carbocycles. The molecule has 1 unspecified atom stereocenters. The van der Waals surface area contributed by atoms with Crippen molar-refractivity contribution >= 4 is 55.0 Å². The highest BCUT2D eigenvalue weighted by molar-refractivity contribution is 6.51. The maximum Gasteiger partial charge on any atom is 0.255 e. The van der Waals surface area contributed by atoms with E-state index in [-0.39, 0.29) is 51.0 Å². The van der Waals surface area contributed by atoms with Crippen LogP contribution in [0, 0.1) is 0 Å². The summed E-state index contributed by atoms with van der Waals surface area (Å²) in [6, 6.07) is 11.8. The van der Waals surface area contributed by atoms with Crippen molar-refractivity contribution in [2.24, 2.45) is 0 Å². The van der Waals surface area contributed by atoms with E-state index >= 15 is 0 Å². The Kier molecular flexibility index (Phi) is 6.67. The van der Waals surface area contributed by atoms with Crippen molar-refractivity contribution in [2.75, 3.05) is 6.61 Å². The van der Waals surface area contributed by atoms with Crippen molar-refractivity contribution in [2.45, 2.75) is 49.3 Å². The van der Waals surface area contributed by atoms with E-state index in [0.717, 1.165) is 11.1 Å². The van der Waals surface area contributed by atoms with Crippen LogP contribution in [0.4, 0.5) is 0 Å². The summed E-state index contributed by atoms with van der Waals surface area (Å²) in [5, 5.41) is -1.26. The van der Waals surface area contributed by atoms with E-state index in [1.165, 1.54) is 9.80 Å². The molecule has 9 nitrogen and oxygen atoms in total. The maximum absolute atomic E-state index is 13.0. The number of hydrogen-bond acceptors (Lipinski definition) is 6. The Labute approximate surface area is 225 Å². The molecule has 2 aromatic rings. The number of piperidine rings is 1. The number of carbonyl (C=O) groups excluding carboxylic acids is 4.